The molecule has 5 nitrogen and oxygen atoms in total. The molecule has 0 aromatic carbocycles. The average molecular weight is 251 g/mol. The lowest BCUT2D eigenvalue weighted by molar-refractivity contribution is -0.127. The summed E-state index contributed by atoms with van der Waals surface area (Å²) in [6.07, 6.45) is 1.74. The largest absolute Gasteiger partial charge is 0.325 e. The van der Waals surface area contributed by atoms with Crippen molar-refractivity contribution in [3.63, 3.8) is 0 Å². The van der Waals surface area contributed by atoms with E-state index in [0.717, 1.165) is 0 Å². The average Bonchev–Trinajstić information content (AvgIpc) is 2.58. The second-order valence-corrected chi connectivity index (χ2v) is 5.40. The van der Waals surface area contributed by atoms with E-state index in [1.54, 1.807) is 4.90 Å². The summed E-state index contributed by atoms with van der Waals surface area (Å²) in [7, 11) is 0. The molecule has 0 aromatic heterocycles. The van der Waals surface area contributed by atoms with Gasteiger partial charge < -0.3 is 4.90 Å². The zero-order valence-corrected chi connectivity index (χ0v) is 11.5. The highest BCUT2D eigenvalue weighted by molar-refractivity contribution is 6.06. The molecule has 0 radical (unpaired) electrons. The Kier molecular flexibility index (Phi) is 4.00. The fraction of sp³-hybridized carbons (Fsp3) is 0.769. The van der Waals surface area contributed by atoms with E-state index >= 15 is 0 Å². The Morgan fingerprint density at radius 1 is 1.33 bits per heavy atom. The molecule has 0 aliphatic carbocycles. The van der Waals surface area contributed by atoms with E-state index in [2.05, 4.69) is 11.4 Å². The van der Waals surface area contributed by atoms with Crippen LogP contribution < -0.4 is 5.32 Å². The molecule has 1 aliphatic heterocycles. The summed E-state index contributed by atoms with van der Waals surface area (Å²) in [5.41, 5.74) is -1.22. The molecule has 0 bridgehead atoms. The van der Waals surface area contributed by atoms with Crippen molar-refractivity contribution in [1.29, 1.82) is 5.26 Å². The molecule has 1 N–H and O–H groups in total. The Morgan fingerprint density at radius 2 is 1.89 bits per heavy atom. The molecule has 1 fully saturated rings. The number of hydrogen-bond acceptors (Lipinski definition) is 3. The summed E-state index contributed by atoms with van der Waals surface area (Å²) < 4.78 is 0. The maximum atomic E-state index is 11.9. The van der Waals surface area contributed by atoms with E-state index in [1.165, 1.54) is 0 Å². The van der Waals surface area contributed by atoms with Gasteiger partial charge in [0, 0.05) is 6.54 Å². The highest BCUT2D eigenvalue weighted by Crippen LogP contribution is 2.31. The van der Waals surface area contributed by atoms with Crippen LogP contribution in [0, 0.1) is 16.7 Å². The van der Waals surface area contributed by atoms with Gasteiger partial charge in [-0.25, -0.2) is 4.79 Å². The van der Waals surface area contributed by atoms with Crippen LogP contribution >= 0.6 is 0 Å². The van der Waals surface area contributed by atoms with E-state index in [0.29, 0.717) is 25.8 Å². The number of urea groups is 1. The predicted octanol–water partition coefficient (Wildman–Crippen LogP) is 2.04. The molecule has 0 saturated carbocycles. The van der Waals surface area contributed by atoms with E-state index in [9.17, 15) is 9.59 Å². The summed E-state index contributed by atoms with van der Waals surface area (Å²) in [6, 6.07) is 1.88. The minimum Gasteiger partial charge on any atom is -0.310 e. The Morgan fingerprint density at radius 3 is 2.33 bits per heavy atom. The molecule has 1 heterocycles. The quantitative estimate of drug-likeness (QED) is 0.760. The number of carbonyl (C=O) groups excluding carboxylic acids is 2. The third-order valence-electron chi connectivity index (χ3n) is 3.84. The van der Waals surface area contributed by atoms with Crippen LogP contribution in [-0.4, -0.2) is 28.9 Å². The number of imide groups is 1. The summed E-state index contributed by atoms with van der Waals surface area (Å²) in [4.78, 5) is 25.4. The van der Waals surface area contributed by atoms with Gasteiger partial charge in [0.05, 0.1) is 11.5 Å². The van der Waals surface area contributed by atoms with Gasteiger partial charge >= 0.3 is 6.03 Å². The van der Waals surface area contributed by atoms with Crippen LogP contribution in [0.3, 0.4) is 0 Å². The Labute approximate surface area is 108 Å². The summed E-state index contributed by atoms with van der Waals surface area (Å²) in [5, 5.41) is 11.4. The smallest absolute Gasteiger partial charge is 0.310 e. The second-order valence-electron chi connectivity index (χ2n) is 5.40. The molecule has 100 valence electrons. The lowest BCUT2D eigenvalue weighted by atomic mass is 9.88. The van der Waals surface area contributed by atoms with Gasteiger partial charge in [-0.15, -0.1) is 0 Å². The number of nitriles is 1. The standard InChI is InChI=1S/C13H21N3O2/c1-5-13(6-2)10(17)15-11(18)16(13)8-7-12(3,4)9-14/h5-8H2,1-4H3,(H,15,17,18). The molecule has 1 saturated heterocycles. The van der Waals surface area contributed by atoms with Crippen molar-refractivity contribution in [3.05, 3.63) is 0 Å². The van der Waals surface area contributed by atoms with Crippen LogP contribution in [0.1, 0.15) is 47.0 Å². The van der Waals surface area contributed by atoms with Gasteiger partial charge in [-0.1, -0.05) is 13.8 Å². The maximum Gasteiger partial charge on any atom is 0.325 e. The highest BCUT2D eigenvalue weighted by Gasteiger charge is 2.50. The Balaban J connectivity index is 2.89. The van der Waals surface area contributed by atoms with Crippen molar-refractivity contribution in [2.75, 3.05) is 6.54 Å². The van der Waals surface area contributed by atoms with E-state index in [4.69, 9.17) is 5.26 Å². The van der Waals surface area contributed by atoms with Gasteiger partial charge in [-0.2, -0.15) is 5.26 Å². The van der Waals surface area contributed by atoms with Crippen molar-refractivity contribution in [3.8, 4) is 6.07 Å². The van der Waals surface area contributed by atoms with Gasteiger partial charge in [0.2, 0.25) is 0 Å². The van der Waals surface area contributed by atoms with Crippen molar-refractivity contribution < 1.29 is 9.59 Å². The number of nitrogens with one attached hydrogen (secondary N) is 1. The predicted molar refractivity (Wildman–Crippen MR) is 67.6 cm³/mol. The van der Waals surface area contributed by atoms with Crippen LogP contribution in [-0.2, 0) is 4.79 Å². The van der Waals surface area contributed by atoms with Crippen LogP contribution in [0.5, 0.6) is 0 Å². The minimum absolute atomic E-state index is 0.215. The monoisotopic (exact) mass is 251 g/mol. The first kappa shape index (κ1) is 14.5. The van der Waals surface area contributed by atoms with Crippen LogP contribution in [0.25, 0.3) is 0 Å². The fourth-order valence-electron chi connectivity index (χ4n) is 2.31. The number of carbonyl (C=O) groups is 2. The molecule has 0 unspecified atom stereocenters. The minimum atomic E-state index is -0.734. The molecular weight excluding hydrogens is 230 g/mol. The topological polar surface area (TPSA) is 73.2 Å². The molecule has 3 amide bonds. The van der Waals surface area contributed by atoms with Crippen molar-refractivity contribution in [2.24, 2.45) is 5.41 Å². The van der Waals surface area contributed by atoms with Gasteiger partial charge in [0.15, 0.2) is 0 Å². The first-order chi connectivity index (χ1) is 8.33. The van der Waals surface area contributed by atoms with E-state index in [-0.39, 0.29) is 11.9 Å². The third kappa shape index (κ3) is 2.33. The van der Waals surface area contributed by atoms with Crippen LogP contribution in [0.4, 0.5) is 4.79 Å². The van der Waals surface area contributed by atoms with E-state index in [1.807, 2.05) is 27.7 Å². The van der Waals surface area contributed by atoms with Gasteiger partial charge in [-0.3, -0.25) is 10.1 Å². The highest BCUT2D eigenvalue weighted by atomic mass is 16.2. The van der Waals surface area contributed by atoms with Gasteiger partial charge in [-0.05, 0) is 33.1 Å². The first-order valence-electron chi connectivity index (χ1n) is 6.37. The Hall–Kier alpha value is -1.57. The fourth-order valence-corrected chi connectivity index (χ4v) is 2.31. The third-order valence-corrected chi connectivity index (χ3v) is 3.84. The molecule has 0 aromatic rings. The molecule has 1 rings (SSSR count). The maximum absolute atomic E-state index is 11.9. The molecule has 0 spiro atoms. The normalized spacial score (nSPS) is 18.7. The molecule has 5 heteroatoms. The summed E-state index contributed by atoms with van der Waals surface area (Å²) in [5.74, 6) is -0.215. The van der Waals surface area contributed by atoms with Crippen LogP contribution in [0.15, 0.2) is 0 Å². The summed E-state index contributed by atoms with van der Waals surface area (Å²) in [6.45, 7) is 7.92. The van der Waals surface area contributed by atoms with Crippen molar-refractivity contribution in [1.82, 2.24) is 10.2 Å². The zero-order chi connectivity index (χ0) is 14.0. The number of nitrogens with zero attached hydrogens (tertiary/aromatic N) is 2. The van der Waals surface area contributed by atoms with Crippen molar-refractivity contribution in [2.45, 2.75) is 52.5 Å². The Bertz CT molecular complexity index is 392. The number of rotatable bonds is 5. The van der Waals surface area contributed by atoms with Gasteiger partial charge in [0.25, 0.3) is 5.91 Å². The lowest BCUT2D eigenvalue weighted by Gasteiger charge is -2.34. The van der Waals surface area contributed by atoms with Crippen molar-refractivity contribution >= 4 is 11.9 Å². The summed E-state index contributed by atoms with van der Waals surface area (Å²) >= 11 is 0. The zero-order valence-electron chi connectivity index (χ0n) is 11.5. The second kappa shape index (κ2) is 4.97. The molecule has 18 heavy (non-hydrogen) atoms. The molecule has 0 atom stereocenters. The lowest BCUT2D eigenvalue weighted by Crippen LogP contribution is -2.49. The molecule has 1 aliphatic rings. The number of hydrogen-bond donors (Lipinski definition) is 1. The van der Waals surface area contributed by atoms with Gasteiger partial charge in [0.1, 0.15) is 5.54 Å². The van der Waals surface area contributed by atoms with E-state index < -0.39 is 11.0 Å². The SMILES string of the molecule is CCC1(CC)C(=O)NC(=O)N1CCC(C)(C)C#N. The van der Waals surface area contributed by atoms with Crippen LogP contribution in [0.2, 0.25) is 0 Å². The molecular formula is C13H21N3O2. The number of amides is 3. The first-order valence-corrected chi connectivity index (χ1v) is 6.37.